The van der Waals surface area contributed by atoms with Crippen molar-refractivity contribution in [2.75, 3.05) is 76.5 Å². The molecular weight excluding hydrogens is 1290 g/mol. The van der Waals surface area contributed by atoms with Gasteiger partial charge in [0.15, 0.2) is 5.82 Å². The second-order valence-electron chi connectivity index (χ2n) is 26.9. The minimum absolute atomic E-state index is 0. The fourth-order valence-electron chi connectivity index (χ4n) is 14.5. The van der Waals surface area contributed by atoms with E-state index in [0.29, 0.717) is 120 Å². The van der Waals surface area contributed by atoms with Crippen molar-refractivity contribution in [2.24, 2.45) is 35.5 Å². The zero-order valence-corrected chi connectivity index (χ0v) is 57.9. The highest BCUT2D eigenvalue weighted by molar-refractivity contribution is 7.99. The number of nitrogens with zero attached hydrogens (tertiary/aromatic N) is 5. The lowest BCUT2D eigenvalue weighted by Gasteiger charge is -2.47. The van der Waals surface area contributed by atoms with E-state index in [9.17, 15) is 54.3 Å². The number of methoxy groups -OCH3 is 2. The Bertz CT molecular complexity index is 3320. The summed E-state index contributed by atoms with van der Waals surface area (Å²) in [4.78, 5) is 98.2. The van der Waals surface area contributed by atoms with Gasteiger partial charge >= 0.3 is 5.97 Å². The number of aromatic hydroxyl groups is 1. The number of phenolic OH excluding ortho intramolecular Hbond substituents is 1. The highest BCUT2D eigenvalue weighted by atomic mass is 35.5. The normalized spacial score (nSPS) is 29.8. The van der Waals surface area contributed by atoms with Gasteiger partial charge in [-0.25, -0.2) is 23.5 Å². The van der Waals surface area contributed by atoms with Gasteiger partial charge in [0.05, 0.1) is 35.0 Å². The number of Topliss-reactive ketones (excluding diaryl/α,β-unsaturated/α-hetero) is 2. The topological polar surface area (TPSA) is 288 Å². The standard InChI is InChI=1S/C71H97ClF2N6O15S.CH4/c1-9-60(87)78-25-27-79(28-26-78)68-48-37-49(72)61(62-50(73)16-12-18-53(62)83)63(74)64(48)76-58(77-68)19-13-20-59(86)75-23-30-96-29-14-15-46-32-40(2)31-41(3)33-56(92-7)66-57(93-8)35-43(5)71(91,95-66)67(88)69(89)80-24-11-10-17-51(80)70(90)94-65(44(6)54(84)38-55(46)85)42(4)34-45-21-22-52(82)47(36-45)39-81;/h9,12,16,18,32,34,37,41,43-47,51-52,54,56-57,65-66,81-84,91H,1,10-11,13-15,17,19-31,33,35-36,38-39H2,2-8H3,(H,75,86);1H4/b40-32+,42-34+;/t41-,43+,44+,45-,46+,47-,51-,52+,54-,56-,57-,65+,66+,71+;/m0./s1. The number of carbonyl (C=O) groups excluding carboxylic acids is 6. The number of allylic oxidation sites excluding steroid dienone is 3. The fourth-order valence-corrected chi connectivity index (χ4v) is 15.6. The summed E-state index contributed by atoms with van der Waals surface area (Å²) >= 11 is 8.25. The minimum atomic E-state index is -2.59. The molecule has 5 heterocycles. The van der Waals surface area contributed by atoms with Gasteiger partial charge in [0.2, 0.25) is 17.6 Å². The number of phenols is 1. The van der Waals surface area contributed by atoms with Crippen LogP contribution in [-0.2, 0) is 54.1 Å². The maximum absolute atomic E-state index is 16.7. The summed E-state index contributed by atoms with van der Waals surface area (Å²) in [7, 11) is 3.01. The van der Waals surface area contributed by atoms with Crippen LogP contribution in [0.2, 0.25) is 5.02 Å². The molecule has 1 saturated carbocycles. The molecule has 25 heteroatoms. The third-order valence-electron chi connectivity index (χ3n) is 20.0. The number of nitrogens with one attached hydrogen (secondary N) is 1. The van der Waals surface area contributed by atoms with Crippen molar-refractivity contribution in [3.05, 3.63) is 82.7 Å². The molecule has 1 aliphatic carbocycles. The van der Waals surface area contributed by atoms with Gasteiger partial charge in [0.1, 0.15) is 52.8 Å². The fraction of sp³-hybridized carbons (Fsp3) is 0.639. The Labute approximate surface area is 578 Å². The summed E-state index contributed by atoms with van der Waals surface area (Å²) in [5.74, 6) is -9.95. The first-order valence-electron chi connectivity index (χ1n) is 33.9. The van der Waals surface area contributed by atoms with Gasteiger partial charge in [-0.3, -0.25) is 24.0 Å². The van der Waals surface area contributed by atoms with E-state index in [1.807, 2.05) is 30.9 Å². The highest BCUT2D eigenvalue weighted by Gasteiger charge is 2.57. The second-order valence-corrected chi connectivity index (χ2v) is 28.6. The average molecular weight is 1400 g/mol. The van der Waals surface area contributed by atoms with E-state index in [4.69, 9.17) is 35.5 Å². The lowest BCUT2D eigenvalue weighted by Crippen LogP contribution is -2.64. The summed E-state index contributed by atoms with van der Waals surface area (Å²) in [6, 6.07) is 3.82. The molecule has 0 unspecified atom stereocenters. The predicted molar refractivity (Wildman–Crippen MR) is 367 cm³/mol. The number of ketones is 2. The number of halogens is 3. The van der Waals surface area contributed by atoms with Crippen molar-refractivity contribution in [1.29, 1.82) is 0 Å². The number of esters is 1. The van der Waals surface area contributed by atoms with Gasteiger partial charge in [-0.2, -0.15) is 11.8 Å². The number of aliphatic hydroxyl groups is 4. The number of piperidine rings is 1. The lowest BCUT2D eigenvalue weighted by atomic mass is 9.78. The van der Waals surface area contributed by atoms with E-state index in [1.54, 1.807) is 37.4 Å². The summed E-state index contributed by atoms with van der Waals surface area (Å²) in [5, 5.41) is 58.8. The molecule has 5 aliphatic rings. The molecule has 4 fully saturated rings. The predicted octanol–water partition coefficient (Wildman–Crippen LogP) is 9.03. The van der Waals surface area contributed by atoms with Crippen molar-refractivity contribution in [3.8, 4) is 16.9 Å². The monoisotopic (exact) mass is 1390 g/mol. The Morgan fingerprint density at radius 2 is 1.65 bits per heavy atom. The van der Waals surface area contributed by atoms with Crippen LogP contribution >= 0.6 is 23.4 Å². The first kappa shape index (κ1) is 78.4. The smallest absolute Gasteiger partial charge is 0.329 e. The van der Waals surface area contributed by atoms with Crippen molar-refractivity contribution in [1.82, 2.24) is 25.1 Å². The number of benzene rings is 2. The number of amides is 3. The number of piperazine rings is 1. The van der Waals surface area contributed by atoms with Gasteiger partial charge in [0, 0.05) is 120 Å². The van der Waals surface area contributed by atoms with E-state index in [2.05, 4.69) is 16.9 Å². The SMILES string of the molecule is C.C=CC(=O)N1CCN(c2nc(CCCC(=O)NCCSCCC[C@@H]3/C=C(\C)C[C@H](C)C[C@H](OC)[C@H]4O[C@@](O)(C(=O)C(=O)N5CCCC[C@H]5C(=O)O[C@H](/C(C)=C/[C@@H]5CC[C@@H](O)[C@H](CO)C5)[C@H](C)[C@@H](O)CC3=O)[C@H](C)C[C@@H]4OC)nc3c(F)c(-c4c(O)cccc4F)c(Cl)cc23)CC1. The number of aryl methyl sites for hydroxylation is 1. The van der Waals surface area contributed by atoms with Gasteiger partial charge in [0.25, 0.3) is 11.7 Å². The van der Waals surface area contributed by atoms with Gasteiger partial charge in [-0.15, -0.1) is 0 Å². The molecule has 536 valence electrons. The van der Waals surface area contributed by atoms with E-state index in [1.165, 1.54) is 38.5 Å². The number of rotatable bonds is 19. The molecule has 2 bridgehead atoms. The van der Waals surface area contributed by atoms with E-state index < -0.39 is 107 Å². The quantitative estimate of drug-likeness (QED) is 0.0214. The van der Waals surface area contributed by atoms with Crippen LogP contribution in [0.1, 0.15) is 138 Å². The molecule has 21 nitrogen and oxygen atoms in total. The molecule has 1 aromatic heterocycles. The molecular formula is C72H101ClF2N6O15S. The van der Waals surface area contributed by atoms with E-state index in [0.717, 1.165) is 16.5 Å². The minimum Gasteiger partial charge on any atom is -0.507 e. The average Bonchev–Trinajstić information content (AvgIpc) is 0.904. The number of cyclic esters (lactones) is 1. The first-order chi connectivity index (χ1) is 45.8. The van der Waals surface area contributed by atoms with Crippen LogP contribution in [0.4, 0.5) is 14.6 Å². The van der Waals surface area contributed by atoms with Crippen LogP contribution < -0.4 is 10.2 Å². The largest absolute Gasteiger partial charge is 0.507 e. The number of hydrogen-bond acceptors (Lipinski definition) is 19. The van der Waals surface area contributed by atoms with Crippen LogP contribution in [0.15, 0.2) is 60.2 Å². The number of thioether (sulfide) groups is 1. The molecule has 0 spiro atoms. The first-order valence-corrected chi connectivity index (χ1v) is 35.4. The lowest BCUT2D eigenvalue weighted by molar-refractivity contribution is -0.302. The summed E-state index contributed by atoms with van der Waals surface area (Å²) < 4.78 is 56.6. The molecule has 3 amide bonds. The van der Waals surface area contributed by atoms with Crippen LogP contribution in [0, 0.1) is 47.1 Å². The summed E-state index contributed by atoms with van der Waals surface area (Å²) in [6.45, 7) is 14.1. The van der Waals surface area contributed by atoms with Crippen LogP contribution in [0.5, 0.6) is 5.75 Å². The Morgan fingerprint density at radius 1 is 0.928 bits per heavy atom. The number of ether oxygens (including phenoxy) is 4. The number of aromatic nitrogens is 2. The number of carbonyl (C=O) groups is 6. The molecule has 3 aromatic rings. The molecule has 4 aliphatic heterocycles. The van der Waals surface area contributed by atoms with Crippen LogP contribution in [-0.4, -0.2) is 201 Å². The van der Waals surface area contributed by atoms with Crippen molar-refractivity contribution < 1.29 is 82.0 Å². The van der Waals surface area contributed by atoms with Gasteiger partial charge in [-0.1, -0.05) is 70.2 Å². The maximum Gasteiger partial charge on any atom is 0.329 e. The molecule has 8 rings (SSSR count). The molecule has 6 N–H and O–H groups in total. The van der Waals surface area contributed by atoms with Crippen LogP contribution in [0.25, 0.3) is 22.0 Å². The van der Waals surface area contributed by atoms with E-state index >= 15 is 8.78 Å². The van der Waals surface area contributed by atoms with Crippen molar-refractivity contribution in [2.45, 2.75) is 187 Å². The van der Waals surface area contributed by atoms with E-state index in [-0.39, 0.29) is 115 Å². The molecule has 0 radical (unpaired) electrons. The molecule has 3 saturated heterocycles. The molecule has 97 heavy (non-hydrogen) atoms. The Hall–Kier alpha value is -5.96. The van der Waals surface area contributed by atoms with Crippen LogP contribution in [0.3, 0.4) is 0 Å². The Morgan fingerprint density at radius 3 is 2.34 bits per heavy atom. The maximum atomic E-state index is 16.7. The van der Waals surface area contributed by atoms with Crippen molar-refractivity contribution in [3.63, 3.8) is 0 Å². The zero-order valence-electron chi connectivity index (χ0n) is 56.3. The second kappa shape index (κ2) is 35.9. The number of aliphatic hydroxyl groups excluding tert-OH is 3. The number of anilines is 1. The Kier molecular flexibility index (Phi) is 29.0. The van der Waals surface area contributed by atoms with Crippen molar-refractivity contribution >= 4 is 75.3 Å². The third kappa shape index (κ3) is 19.1. The highest BCUT2D eigenvalue weighted by Crippen LogP contribution is 2.44. The third-order valence-corrected chi connectivity index (χ3v) is 21.3. The molecule has 2 aromatic carbocycles. The summed E-state index contributed by atoms with van der Waals surface area (Å²) in [5.41, 5.74) is 0.546. The Balaban J connectivity index is 0.0000133. The molecule has 14 atom stereocenters. The van der Waals surface area contributed by atoms with Gasteiger partial charge < -0.3 is 64.5 Å². The van der Waals surface area contributed by atoms with Gasteiger partial charge in [-0.05, 0) is 138 Å². The zero-order chi connectivity index (χ0) is 69.7. The summed E-state index contributed by atoms with van der Waals surface area (Å²) in [6.07, 6.45) is 4.69. The number of hydrogen-bond donors (Lipinski definition) is 6. The number of fused-ring (bicyclic) bond motifs is 4.